The van der Waals surface area contributed by atoms with Crippen LogP contribution in [0.3, 0.4) is 0 Å². The molecule has 2 aromatic carbocycles. The molecule has 1 aliphatic heterocycles. The maximum Gasteiger partial charge on any atom is 0.257 e. The van der Waals surface area contributed by atoms with Gasteiger partial charge < -0.3 is 12.4 Å². The highest BCUT2D eigenvalue weighted by molar-refractivity contribution is 5.58. The molecule has 0 aliphatic carbocycles. The highest BCUT2D eigenvalue weighted by Gasteiger charge is 2.28. The molecule has 0 radical (unpaired) electrons. The first kappa shape index (κ1) is 16.7. The number of aryl methyl sites for hydroxylation is 1. The van der Waals surface area contributed by atoms with Gasteiger partial charge >= 0.3 is 0 Å². The van der Waals surface area contributed by atoms with Crippen molar-refractivity contribution in [2.24, 2.45) is 0 Å². The minimum absolute atomic E-state index is 0. The summed E-state index contributed by atoms with van der Waals surface area (Å²) in [5.41, 5.74) is 4.94. The summed E-state index contributed by atoms with van der Waals surface area (Å²) < 4.78 is 17.9. The fourth-order valence-corrected chi connectivity index (χ4v) is 3.47. The Balaban J connectivity index is 0.00000169. The fraction of sp³-hybridized carbons (Fsp3) is 0.250. The molecule has 0 N–H and O–H groups in total. The van der Waals surface area contributed by atoms with Gasteiger partial charge in [0.1, 0.15) is 18.6 Å². The van der Waals surface area contributed by atoms with Crippen LogP contribution in [-0.4, -0.2) is 4.57 Å². The quantitative estimate of drug-likeness (QED) is 0.625. The van der Waals surface area contributed by atoms with Gasteiger partial charge in [-0.2, -0.15) is 0 Å². The maximum atomic E-state index is 13.2. The molecule has 3 aromatic rings. The second-order valence-corrected chi connectivity index (χ2v) is 6.25. The lowest BCUT2D eigenvalue weighted by molar-refractivity contribution is -0.694. The molecular weight excluding hydrogens is 323 g/mol. The molecule has 0 saturated heterocycles. The molecule has 0 bridgehead atoms. The summed E-state index contributed by atoms with van der Waals surface area (Å²) in [7, 11) is 0. The van der Waals surface area contributed by atoms with E-state index < -0.39 is 0 Å². The summed E-state index contributed by atoms with van der Waals surface area (Å²) in [5, 5.41) is 0. The highest BCUT2D eigenvalue weighted by atomic mass is 35.5. The van der Waals surface area contributed by atoms with Crippen LogP contribution in [0.25, 0.3) is 11.3 Å². The standard InChI is InChI=1S/C20H20FN2.ClH/c1-15-5-2-3-6-17(15)13-22-14-19(23-12-4-7-20(22)23)16-8-10-18(21)11-9-16;/h2-3,5-6,8-11,14H,4,7,12-13H2,1H3;1H/q+1;/p-1. The largest absolute Gasteiger partial charge is 1.00 e. The lowest BCUT2D eigenvalue weighted by atomic mass is 10.1. The zero-order chi connectivity index (χ0) is 15.8. The number of hydrogen-bond donors (Lipinski definition) is 0. The fourth-order valence-electron chi connectivity index (χ4n) is 3.47. The van der Waals surface area contributed by atoms with E-state index in [0.717, 1.165) is 25.1 Å². The number of halogens is 2. The van der Waals surface area contributed by atoms with Crippen molar-refractivity contribution in [3.63, 3.8) is 0 Å². The van der Waals surface area contributed by atoms with Crippen molar-refractivity contribution in [1.82, 2.24) is 4.57 Å². The third-order valence-electron chi connectivity index (χ3n) is 4.74. The van der Waals surface area contributed by atoms with Crippen molar-refractivity contribution in [1.29, 1.82) is 0 Å². The lowest BCUT2D eigenvalue weighted by Gasteiger charge is -2.03. The Kier molecular flexibility index (Phi) is 4.72. The lowest BCUT2D eigenvalue weighted by Crippen LogP contribution is -3.00. The molecular formula is C20H20ClFN2. The van der Waals surface area contributed by atoms with Gasteiger partial charge in [-0.3, -0.25) is 0 Å². The van der Waals surface area contributed by atoms with Crippen molar-refractivity contribution < 1.29 is 21.4 Å². The van der Waals surface area contributed by atoms with Crippen molar-refractivity contribution in [2.45, 2.75) is 32.9 Å². The summed E-state index contributed by atoms with van der Waals surface area (Å²) in [6.07, 6.45) is 4.50. The Morgan fingerprint density at radius 1 is 1.08 bits per heavy atom. The zero-order valence-electron chi connectivity index (χ0n) is 13.7. The molecule has 0 spiro atoms. The first-order chi connectivity index (χ1) is 11.2. The van der Waals surface area contributed by atoms with Gasteiger partial charge in [-0.05, 0) is 48.7 Å². The number of nitrogens with zero attached hydrogens (tertiary/aromatic N) is 2. The Hall–Kier alpha value is -2.13. The van der Waals surface area contributed by atoms with Crippen molar-refractivity contribution in [3.05, 3.63) is 77.5 Å². The van der Waals surface area contributed by atoms with Crippen LogP contribution in [-0.2, 0) is 19.5 Å². The van der Waals surface area contributed by atoms with E-state index in [4.69, 9.17) is 0 Å². The van der Waals surface area contributed by atoms with Crippen LogP contribution in [0.4, 0.5) is 4.39 Å². The topological polar surface area (TPSA) is 8.81 Å². The van der Waals surface area contributed by atoms with Crippen LogP contribution in [0.1, 0.15) is 23.4 Å². The second-order valence-electron chi connectivity index (χ2n) is 6.25. The van der Waals surface area contributed by atoms with Gasteiger partial charge in [-0.15, -0.1) is 0 Å². The van der Waals surface area contributed by atoms with Crippen molar-refractivity contribution >= 4 is 0 Å². The van der Waals surface area contributed by atoms with Crippen LogP contribution < -0.4 is 17.0 Å². The molecule has 4 rings (SSSR count). The van der Waals surface area contributed by atoms with E-state index in [2.05, 4.69) is 46.5 Å². The van der Waals surface area contributed by atoms with E-state index in [9.17, 15) is 4.39 Å². The predicted molar refractivity (Wildman–Crippen MR) is 88.6 cm³/mol. The highest BCUT2D eigenvalue weighted by Crippen LogP contribution is 2.25. The summed E-state index contributed by atoms with van der Waals surface area (Å²) in [6, 6.07) is 15.3. The van der Waals surface area contributed by atoms with E-state index in [1.165, 1.54) is 41.2 Å². The van der Waals surface area contributed by atoms with Gasteiger partial charge in [-0.1, -0.05) is 24.3 Å². The maximum absolute atomic E-state index is 13.2. The summed E-state index contributed by atoms with van der Waals surface area (Å²) in [5.74, 6) is 1.18. The average molecular weight is 343 g/mol. The van der Waals surface area contributed by atoms with Crippen LogP contribution in [0.15, 0.2) is 54.7 Å². The third-order valence-corrected chi connectivity index (χ3v) is 4.74. The average Bonchev–Trinajstić information content (AvgIpc) is 3.14. The van der Waals surface area contributed by atoms with Crippen LogP contribution in [0, 0.1) is 12.7 Å². The number of hydrogen-bond acceptors (Lipinski definition) is 0. The molecule has 0 atom stereocenters. The van der Waals surface area contributed by atoms with E-state index >= 15 is 0 Å². The molecule has 2 heterocycles. The first-order valence-electron chi connectivity index (χ1n) is 8.14. The minimum atomic E-state index is -0.185. The SMILES string of the molecule is Cc1ccccc1C[n+]1cc(-c2ccc(F)cc2)n2c1CCC2.[Cl-]. The number of benzene rings is 2. The molecule has 124 valence electrons. The molecule has 0 amide bonds. The van der Waals surface area contributed by atoms with Crippen molar-refractivity contribution in [3.8, 4) is 11.3 Å². The Labute approximate surface area is 148 Å². The van der Waals surface area contributed by atoms with Crippen LogP contribution in [0.2, 0.25) is 0 Å². The smallest absolute Gasteiger partial charge is 0.257 e. The molecule has 0 saturated carbocycles. The molecule has 0 fully saturated rings. The summed E-state index contributed by atoms with van der Waals surface area (Å²) >= 11 is 0. The number of fused-ring (bicyclic) bond motifs is 1. The van der Waals surface area contributed by atoms with Crippen molar-refractivity contribution in [2.75, 3.05) is 0 Å². The van der Waals surface area contributed by atoms with Crippen LogP contribution >= 0.6 is 0 Å². The third kappa shape index (κ3) is 2.96. The minimum Gasteiger partial charge on any atom is -1.00 e. The summed E-state index contributed by atoms with van der Waals surface area (Å²) in [6.45, 7) is 4.10. The first-order valence-corrected chi connectivity index (χ1v) is 8.14. The molecule has 4 heteroatoms. The predicted octanol–water partition coefficient (Wildman–Crippen LogP) is 0.889. The normalized spacial score (nSPS) is 12.8. The zero-order valence-corrected chi connectivity index (χ0v) is 14.4. The van der Waals surface area contributed by atoms with Gasteiger partial charge in [0.2, 0.25) is 0 Å². The second kappa shape index (κ2) is 6.78. The van der Waals surface area contributed by atoms with E-state index in [1.807, 2.05) is 12.1 Å². The Morgan fingerprint density at radius 2 is 1.83 bits per heavy atom. The number of rotatable bonds is 3. The van der Waals surface area contributed by atoms with Gasteiger partial charge in [0.05, 0.1) is 13.0 Å². The monoisotopic (exact) mass is 342 g/mol. The molecule has 1 aromatic heterocycles. The summed E-state index contributed by atoms with van der Waals surface area (Å²) in [4.78, 5) is 0. The number of aromatic nitrogens is 2. The van der Waals surface area contributed by atoms with Gasteiger partial charge in [0.25, 0.3) is 5.82 Å². The molecule has 2 nitrogen and oxygen atoms in total. The van der Waals surface area contributed by atoms with E-state index in [0.29, 0.717) is 0 Å². The van der Waals surface area contributed by atoms with E-state index in [1.54, 1.807) is 0 Å². The molecule has 0 unspecified atom stereocenters. The Morgan fingerprint density at radius 3 is 2.58 bits per heavy atom. The van der Waals surface area contributed by atoms with Crippen LogP contribution in [0.5, 0.6) is 0 Å². The van der Waals surface area contributed by atoms with E-state index in [-0.39, 0.29) is 18.2 Å². The number of imidazole rings is 1. The molecule has 1 aliphatic rings. The van der Waals surface area contributed by atoms with Gasteiger partial charge in [-0.25, -0.2) is 13.5 Å². The van der Waals surface area contributed by atoms with Gasteiger partial charge in [0, 0.05) is 5.56 Å². The Bertz CT molecular complexity index is 853. The molecule has 24 heavy (non-hydrogen) atoms. The van der Waals surface area contributed by atoms with Gasteiger partial charge in [0.15, 0.2) is 5.69 Å².